The minimum Gasteiger partial charge on any atom is -0.372 e. The van der Waals surface area contributed by atoms with Gasteiger partial charge < -0.3 is 5.32 Å². The summed E-state index contributed by atoms with van der Waals surface area (Å²) in [6.45, 7) is 1.68. The molecule has 0 bridgehead atoms. The number of amides is 2. The van der Waals surface area contributed by atoms with Gasteiger partial charge in [0.2, 0.25) is 11.8 Å². The first kappa shape index (κ1) is 21.2. The number of carbonyl (C=O) groups excluding carboxylic acids is 2. The van der Waals surface area contributed by atoms with Crippen LogP contribution in [0.25, 0.3) is 0 Å². The SMILES string of the molecule is C[C@H]1CC(=O)N(c2ccc(N[C@H](Cc3ccccc3)c3ccccc3)c([N+](=O)[O-])c2)C1=O. The fraction of sp³-hybridized carbons (Fsp3) is 0.200. The monoisotopic (exact) mass is 429 g/mol. The lowest BCUT2D eigenvalue weighted by Crippen LogP contribution is -2.30. The first-order chi connectivity index (χ1) is 15.4. The highest BCUT2D eigenvalue weighted by molar-refractivity contribution is 6.21. The number of rotatable bonds is 7. The second-order valence-corrected chi connectivity index (χ2v) is 7.93. The van der Waals surface area contributed by atoms with E-state index in [1.807, 2.05) is 60.7 Å². The molecule has 0 aliphatic carbocycles. The summed E-state index contributed by atoms with van der Waals surface area (Å²) in [4.78, 5) is 37.0. The van der Waals surface area contributed by atoms with E-state index in [4.69, 9.17) is 0 Å². The van der Waals surface area contributed by atoms with Gasteiger partial charge in [-0.25, -0.2) is 0 Å². The first-order valence-electron chi connectivity index (χ1n) is 10.4. The van der Waals surface area contributed by atoms with Crippen LogP contribution in [-0.4, -0.2) is 16.7 Å². The summed E-state index contributed by atoms with van der Waals surface area (Å²) in [5.74, 6) is -1.10. The van der Waals surface area contributed by atoms with E-state index in [1.54, 1.807) is 19.1 Å². The van der Waals surface area contributed by atoms with E-state index in [2.05, 4.69) is 5.32 Å². The number of hydrogen-bond donors (Lipinski definition) is 1. The first-order valence-corrected chi connectivity index (χ1v) is 10.4. The minimum absolute atomic E-state index is 0.111. The summed E-state index contributed by atoms with van der Waals surface area (Å²) in [7, 11) is 0. The molecule has 0 spiro atoms. The summed E-state index contributed by atoms with van der Waals surface area (Å²) in [6, 6.07) is 23.8. The van der Waals surface area contributed by atoms with Gasteiger partial charge in [0.25, 0.3) is 5.69 Å². The zero-order valence-corrected chi connectivity index (χ0v) is 17.6. The molecule has 32 heavy (non-hydrogen) atoms. The van der Waals surface area contributed by atoms with Crippen molar-refractivity contribution >= 4 is 28.9 Å². The Morgan fingerprint density at radius 3 is 2.28 bits per heavy atom. The number of nitrogens with zero attached hydrogens (tertiary/aromatic N) is 2. The molecular weight excluding hydrogens is 406 g/mol. The van der Waals surface area contributed by atoms with Crippen LogP contribution < -0.4 is 10.2 Å². The molecule has 0 aromatic heterocycles. The maximum atomic E-state index is 12.4. The molecule has 1 saturated heterocycles. The maximum Gasteiger partial charge on any atom is 0.294 e. The van der Waals surface area contributed by atoms with Crippen molar-refractivity contribution in [2.75, 3.05) is 10.2 Å². The van der Waals surface area contributed by atoms with Crippen LogP contribution in [0.2, 0.25) is 0 Å². The van der Waals surface area contributed by atoms with E-state index in [1.165, 1.54) is 6.07 Å². The van der Waals surface area contributed by atoms with Crippen LogP contribution in [0, 0.1) is 16.0 Å². The maximum absolute atomic E-state index is 12.4. The average molecular weight is 429 g/mol. The second kappa shape index (κ2) is 9.01. The van der Waals surface area contributed by atoms with Gasteiger partial charge in [-0.2, -0.15) is 0 Å². The molecule has 0 radical (unpaired) electrons. The fourth-order valence-electron chi connectivity index (χ4n) is 3.96. The zero-order chi connectivity index (χ0) is 22.7. The fourth-order valence-corrected chi connectivity index (χ4v) is 3.96. The van der Waals surface area contributed by atoms with Gasteiger partial charge in [0.05, 0.1) is 16.7 Å². The van der Waals surface area contributed by atoms with Crippen LogP contribution in [0.4, 0.5) is 17.1 Å². The molecule has 1 N–H and O–H groups in total. The smallest absolute Gasteiger partial charge is 0.294 e. The van der Waals surface area contributed by atoms with Crippen molar-refractivity contribution in [3.05, 3.63) is 100 Å². The number of hydrogen-bond acceptors (Lipinski definition) is 5. The van der Waals surface area contributed by atoms with E-state index in [9.17, 15) is 19.7 Å². The third kappa shape index (κ3) is 4.37. The molecule has 1 aliphatic heterocycles. The molecular formula is C25H23N3O4. The van der Waals surface area contributed by atoms with Crippen molar-refractivity contribution in [1.29, 1.82) is 0 Å². The van der Waals surface area contributed by atoms with Crippen LogP contribution in [-0.2, 0) is 16.0 Å². The number of nitro benzene ring substituents is 1. The van der Waals surface area contributed by atoms with Gasteiger partial charge in [-0.15, -0.1) is 0 Å². The Hall–Kier alpha value is -4.00. The van der Waals surface area contributed by atoms with Gasteiger partial charge in [-0.05, 0) is 29.7 Å². The van der Waals surface area contributed by atoms with Crippen molar-refractivity contribution in [3.8, 4) is 0 Å². The van der Waals surface area contributed by atoms with Crippen molar-refractivity contribution in [1.82, 2.24) is 0 Å². The molecule has 1 aliphatic rings. The van der Waals surface area contributed by atoms with Crippen molar-refractivity contribution < 1.29 is 14.5 Å². The number of benzene rings is 3. The molecule has 1 heterocycles. The Labute approximate surface area is 185 Å². The Balaban J connectivity index is 1.68. The number of nitrogens with one attached hydrogen (secondary N) is 1. The molecule has 3 aromatic rings. The van der Waals surface area contributed by atoms with Crippen molar-refractivity contribution in [2.45, 2.75) is 25.8 Å². The summed E-state index contributed by atoms with van der Waals surface area (Å²) in [6.07, 6.45) is 0.740. The molecule has 162 valence electrons. The van der Waals surface area contributed by atoms with E-state index >= 15 is 0 Å². The Morgan fingerprint density at radius 2 is 1.69 bits per heavy atom. The summed E-state index contributed by atoms with van der Waals surface area (Å²) in [5, 5.41) is 15.2. The lowest BCUT2D eigenvalue weighted by Gasteiger charge is -2.22. The van der Waals surface area contributed by atoms with E-state index in [0.29, 0.717) is 12.1 Å². The highest BCUT2D eigenvalue weighted by atomic mass is 16.6. The molecule has 0 unspecified atom stereocenters. The topological polar surface area (TPSA) is 92.6 Å². The van der Waals surface area contributed by atoms with E-state index in [0.717, 1.165) is 16.0 Å². The molecule has 7 heteroatoms. The number of carbonyl (C=O) groups is 2. The number of anilines is 2. The van der Waals surface area contributed by atoms with Crippen molar-refractivity contribution in [2.24, 2.45) is 5.92 Å². The number of imide groups is 1. The number of nitro groups is 1. The average Bonchev–Trinajstić information content (AvgIpc) is 3.06. The zero-order valence-electron chi connectivity index (χ0n) is 17.6. The third-order valence-electron chi connectivity index (χ3n) is 5.62. The summed E-state index contributed by atoms with van der Waals surface area (Å²) >= 11 is 0. The molecule has 1 fully saturated rings. The molecule has 2 atom stereocenters. The molecule has 4 rings (SSSR count). The molecule has 3 aromatic carbocycles. The second-order valence-electron chi connectivity index (χ2n) is 7.93. The predicted molar refractivity (Wildman–Crippen MR) is 122 cm³/mol. The van der Waals surface area contributed by atoms with E-state index in [-0.39, 0.29) is 35.7 Å². The van der Waals surface area contributed by atoms with Gasteiger partial charge in [-0.1, -0.05) is 67.6 Å². The van der Waals surface area contributed by atoms with Crippen LogP contribution in [0.5, 0.6) is 0 Å². The minimum atomic E-state index is -0.495. The van der Waals surface area contributed by atoms with Gasteiger partial charge >= 0.3 is 0 Å². The molecule has 0 saturated carbocycles. The third-order valence-corrected chi connectivity index (χ3v) is 5.62. The standard InChI is InChI=1S/C25H23N3O4/c1-17-14-24(29)27(25(17)30)20-12-13-21(23(16-20)28(31)32)26-22(19-10-6-3-7-11-19)15-18-8-4-2-5-9-18/h2-13,16-17,22,26H,14-15H2,1H3/t17-,22+/m0/s1. The quantitative estimate of drug-likeness (QED) is 0.328. The molecule has 2 amide bonds. The van der Waals surface area contributed by atoms with Gasteiger partial charge in [0.1, 0.15) is 5.69 Å². The van der Waals surface area contributed by atoms with Gasteiger partial charge in [0.15, 0.2) is 0 Å². The van der Waals surface area contributed by atoms with E-state index < -0.39 is 10.8 Å². The van der Waals surface area contributed by atoms with Crippen molar-refractivity contribution in [3.63, 3.8) is 0 Å². The highest BCUT2D eigenvalue weighted by Crippen LogP contribution is 2.35. The Bertz CT molecular complexity index is 1150. The largest absolute Gasteiger partial charge is 0.372 e. The van der Waals surface area contributed by atoms with Crippen LogP contribution >= 0.6 is 0 Å². The van der Waals surface area contributed by atoms with Gasteiger partial charge in [-0.3, -0.25) is 24.6 Å². The predicted octanol–water partition coefficient (Wildman–Crippen LogP) is 4.89. The van der Waals surface area contributed by atoms with Gasteiger partial charge in [0, 0.05) is 18.4 Å². The highest BCUT2D eigenvalue weighted by Gasteiger charge is 2.37. The lowest BCUT2D eigenvalue weighted by atomic mass is 9.98. The van der Waals surface area contributed by atoms with Crippen LogP contribution in [0.1, 0.15) is 30.5 Å². The summed E-state index contributed by atoms with van der Waals surface area (Å²) in [5.41, 5.74) is 2.46. The van der Waals surface area contributed by atoms with Crippen LogP contribution in [0.3, 0.4) is 0 Å². The molecule has 7 nitrogen and oxygen atoms in total. The normalized spacial score (nSPS) is 16.8. The summed E-state index contributed by atoms with van der Waals surface area (Å²) < 4.78 is 0. The Kier molecular flexibility index (Phi) is 5.98. The Morgan fingerprint density at radius 1 is 1.03 bits per heavy atom. The van der Waals surface area contributed by atoms with Crippen LogP contribution in [0.15, 0.2) is 78.9 Å². The lowest BCUT2D eigenvalue weighted by molar-refractivity contribution is -0.383.